The topological polar surface area (TPSA) is 67.8 Å². The number of rotatable bonds is 8. The minimum Gasteiger partial charge on any atom is -0.497 e. The number of guanidine groups is 1. The summed E-state index contributed by atoms with van der Waals surface area (Å²) in [6, 6.07) is 5.83. The van der Waals surface area contributed by atoms with Crippen LogP contribution in [0.5, 0.6) is 11.5 Å². The summed E-state index contributed by atoms with van der Waals surface area (Å²) in [6.07, 6.45) is 3.62. The van der Waals surface area contributed by atoms with E-state index in [4.69, 9.17) is 9.47 Å². The molecule has 7 heteroatoms. The quantitative estimate of drug-likeness (QED) is 0.558. The number of methoxy groups -OCH3 is 2. The Balaban J connectivity index is 1.79. The molecule has 0 aliphatic carbocycles. The maximum absolute atomic E-state index is 5.41. The smallest absolute Gasteiger partial charge is 0.191 e. The average Bonchev–Trinajstić information content (AvgIpc) is 3.05. The van der Waals surface area contributed by atoms with Gasteiger partial charge in [-0.3, -0.25) is 4.99 Å². The number of benzene rings is 1. The van der Waals surface area contributed by atoms with E-state index in [-0.39, 0.29) is 0 Å². The first kappa shape index (κ1) is 19.1. The fourth-order valence-corrected chi connectivity index (χ4v) is 3.20. The Morgan fingerprint density at radius 2 is 1.92 bits per heavy atom. The van der Waals surface area contributed by atoms with E-state index in [1.807, 2.05) is 24.4 Å². The highest BCUT2D eigenvalue weighted by molar-refractivity contribution is 7.11. The van der Waals surface area contributed by atoms with Crippen molar-refractivity contribution in [2.75, 3.05) is 34.4 Å². The molecule has 0 aliphatic heterocycles. The third-order valence-electron chi connectivity index (χ3n) is 3.70. The Morgan fingerprint density at radius 1 is 1.16 bits per heavy atom. The first-order valence-electron chi connectivity index (χ1n) is 8.23. The summed E-state index contributed by atoms with van der Waals surface area (Å²) in [7, 11) is 5.12. The number of aromatic nitrogens is 1. The lowest BCUT2D eigenvalue weighted by Crippen LogP contribution is -2.39. The minimum absolute atomic E-state index is 0.750. The number of nitrogens with one attached hydrogen (secondary N) is 2. The predicted molar refractivity (Wildman–Crippen MR) is 103 cm³/mol. The molecule has 0 fully saturated rings. The van der Waals surface area contributed by atoms with Crippen molar-refractivity contribution in [2.24, 2.45) is 4.99 Å². The molecule has 0 amide bonds. The molecule has 0 saturated carbocycles. The summed E-state index contributed by atoms with van der Waals surface area (Å²) >= 11 is 1.73. The monoisotopic (exact) mass is 362 g/mol. The van der Waals surface area contributed by atoms with Crippen LogP contribution in [0.4, 0.5) is 0 Å². The molecule has 0 atom stereocenters. The fourth-order valence-electron chi connectivity index (χ4n) is 2.42. The van der Waals surface area contributed by atoms with Crippen LogP contribution in [-0.4, -0.2) is 45.3 Å². The zero-order chi connectivity index (χ0) is 18.1. The summed E-state index contributed by atoms with van der Waals surface area (Å²) in [5, 5.41) is 7.78. The maximum Gasteiger partial charge on any atom is 0.191 e. The first-order chi connectivity index (χ1) is 12.2. The van der Waals surface area contributed by atoms with Gasteiger partial charge in [0.2, 0.25) is 0 Å². The van der Waals surface area contributed by atoms with Gasteiger partial charge in [0.05, 0.1) is 19.2 Å². The molecule has 25 heavy (non-hydrogen) atoms. The highest BCUT2D eigenvalue weighted by Gasteiger charge is 2.06. The molecular formula is C18H26N4O2S. The summed E-state index contributed by atoms with van der Waals surface area (Å²) in [6.45, 7) is 3.62. The van der Waals surface area contributed by atoms with E-state index < -0.39 is 0 Å². The number of hydrogen-bond donors (Lipinski definition) is 2. The van der Waals surface area contributed by atoms with Crippen LogP contribution >= 0.6 is 11.3 Å². The number of nitrogens with zero attached hydrogens (tertiary/aromatic N) is 2. The molecule has 2 N–H and O–H groups in total. The van der Waals surface area contributed by atoms with Crippen LogP contribution in [0.15, 0.2) is 29.4 Å². The van der Waals surface area contributed by atoms with Crippen molar-refractivity contribution in [2.45, 2.75) is 19.8 Å². The van der Waals surface area contributed by atoms with Crippen molar-refractivity contribution in [1.82, 2.24) is 15.6 Å². The van der Waals surface area contributed by atoms with Gasteiger partial charge in [0.1, 0.15) is 11.5 Å². The molecular weight excluding hydrogens is 336 g/mol. The molecule has 136 valence electrons. The Kier molecular flexibility index (Phi) is 7.53. The van der Waals surface area contributed by atoms with Gasteiger partial charge in [0, 0.05) is 37.6 Å². The zero-order valence-electron chi connectivity index (χ0n) is 15.3. The number of hydrogen-bond acceptors (Lipinski definition) is 5. The molecule has 2 aromatic rings. The highest BCUT2D eigenvalue weighted by atomic mass is 32.1. The molecule has 0 radical (unpaired) electrons. The van der Waals surface area contributed by atoms with E-state index in [2.05, 4.69) is 27.5 Å². The summed E-state index contributed by atoms with van der Waals surface area (Å²) in [5.41, 5.74) is 1.10. The van der Waals surface area contributed by atoms with Crippen LogP contribution in [0, 0.1) is 6.92 Å². The number of aryl methyl sites for hydroxylation is 1. The van der Waals surface area contributed by atoms with Gasteiger partial charge in [0.25, 0.3) is 0 Å². The lowest BCUT2D eigenvalue weighted by atomic mass is 10.1. The molecule has 0 bridgehead atoms. The highest BCUT2D eigenvalue weighted by Crippen LogP contribution is 2.24. The number of ether oxygens (including phenoxy) is 2. The molecule has 1 aromatic carbocycles. The third-order valence-corrected chi connectivity index (χ3v) is 4.67. The Hall–Kier alpha value is -2.28. The molecule has 2 rings (SSSR count). The summed E-state index contributed by atoms with van der Waals surface area (Å²) in [5.74, 6) is 2.48. The van der Waals surface area contributed by atoms with Gasteiger partial charge in [-0.2, -0.15) is 0 Å². The van der Waals surface area contributed by atoms with Crippen molar-refractivity contribution < 1.29 is 9.47 Å². The van der Waals surface area contributed by atoms with E-state index in [1.54, 1.807) is 32.6 Å². The average molecular weight is 362 g/mol. The van der Waals surface area contributed by atoms with Crippen molar-refractivity contribution >= 4 is 17.3 Å². The Bertz CT molecular complexity index is 700. The van der Waals surface area contributed by atoms with Gasteiger partial charge in [-0.25, -0.2) is 4.98 Å². The second-order valence-electron chi connectivity index (χ2n) is 5.47. The van der Waals surface area contributed by atoms with Crippen LogP contribution in [0.2, 0.25) is 0 Å². The van der Waals surface area contributed by atoms with E-state index in [0.29, 0.717) is 0 Å². The van der Waals surface area contributed by atoms with E-state index in [0.717, 1.165) is 54.0 Å². The van der Waals surface area contributed by atoms with E-state index in [9.17, 15) is 0 Å². The van der Waals surface area contributed by atoms with Crippen molar-refractivity contribution in [3.05, 3.63) is 39.8 Å². The van der Waals surface area contributed by atoms with Gasteiger partial charge in [-0.1, -0.05) is 0 Å². The standard InChI is InChI=1S/C18H26N4O2S/c1-13-12-22-17(25-13)8-10-21-18(19-2)20-9-7-14-11-15(23-3)5-6-16(14)24-4/h5-6,11-12H,7-10H2,1-4H3,(H2,19,20,21). The molecule has 1 aromatic heterocycles. The maximum atomic E-state index is 5.41. The summed E-state index contributed by atoms with van der Waals surface area (Å²) in [4.78, 5) is 9.86. The third kappa shape index (κ3) is 5.94. The summed E-state index contributed by atoms with van der Waals surface area (Å²) < 4.78 is 10.7. The van der Waals surface area contributed by atoms with Crippen LogP contribution in [0.25, 0.3) is 0 Å². The number of thiazole rings is 1. The molecule has 1 heterocycles. The van der Waals surface area contributed by atoms with Gasteiger partial charge in [0.15, 0.2) is 5.96 Å². The lowest BCUT2D eigenvalue weighted by Gasteiger charge is -2.13. The number of aliphatic imine (C=N–C) groups is 1. The second kappa shape index (κ2) is 9.88. The first-order valence-corrected chi connectivity index (χ1v) is 9.04. The van der Waals surface area contributed by atoms with Crippen LogP contribution in [0.3, 0.4) is 0 Å². The molecule has 0 aliphatic rings. The largest absolute Gasteiger partial charge is 0.497 e. The van der Waals surface area contributed by atoms with Crippen LogP contribution in [0.1, 0.15) is 15.4 Å². The van der Waals surface area contributed by atoms with Gasteiger partial charge < -0.3 is 20.1 Å². The SMILES string of the molecule is CN=C(NCCc1ncc(C)s1)NCCc1cc(OC)ccc1OC. The Morgan fingerprint density at radius 3 is 2.52 bits per heavy atom. The van der Waals surface area contributed by atoms with Crippen molar-refractivity contribution in [3.63, 3.8) is 0 Å². The second-order valence-corrected chi connectivity index (χ2v) is 6.79. The van der Waals surface area contributed by atoms with Crippen LogP contribution in [-0.2, 0) is 12.8 Å². The van der Waals surface area contributed by atoms with Crippen molar-refractivity contribution in [1.29, 1.82) is 0 Å². The lowest BCUT2D eigenvalue weighted by molar-refractivity contribution is 0.398. The van der Waals surface area contributed by atoms with Gasteiger partial charge in [-0.05, 0) is 37.1 Å². The van der Waals surface area contributed by atoms with Crippen molar-refractivity contribution in [3.8, 4) is 11.5 Å². The van der Waals surface area contributed by atoms with Crippen LogP contribution < -0.4 is 20.1 Å². The molecule has 0 unspecified atom stereocenters. The minimum atomic E-state index is 0.750. The fraction of sp³-hybridized carbons (Fsp3) is 0.444. The van der Waals surface area contributed by atoms with Gasteiger partial charge in [-0.15, -0.1) is 11.3 Å². The molecule has 0 spiro atoms. The van der Waals surface area contributed by atoms with Gasteiger partial charge >= 0.3 is 0 Å². The predicted octanol–water partition coefficient (Wildman–Crippen LogP) is 2.42. The van der Waals surface area contributed by atoms with E-state index in [1.165, 1.54) is 4.88 Å². The normalized spacial score (nSPS) is 11.3. The zero-order valence-corrected chi connectivity index (χ0v) is 16.1. The Labute approximate surface area is 153 Å². The molecule has 6 nitrogen and oxygen atoms in total. The van der Waals surface area contributed by atoms with E-state index >= 15 is 0 Å². The molecule has 0 saturated heterocycles.